The minimum atomic E-state index is -1.30. The number of hydrogen-bond acceptors (Lipinski definition) is 3. The van der Waals surface area contributed by atoms with Gasteiger partial charge in [0, 0.05) is 36.4 Å². The lowest BCUT2D eigenvalue weighted by Gasteiger charge is -2.38. The first-order chi connectivity index (χ1) is 11.8. The molecule has 6 nitrogen and oxygen atoms in total. The van der Waals surface area contributed by atoms with Gasteiger partial charge in [0.1, 0.15) is 0 Å². The molecule has 1 N–H and O–H groups in total. The first-order valence-corrected chi connectivity index (χ1v) is 8.96. The van der Waals surface area contributed by atoms with Gasteiger partial charge >= 0.3 is 5.97 Å². The van der Waals surface area contributed by atoms with Gasteiger partial charge in [0.05, 0.1) is 6.33 Å². The molecule has 1 fully saturated rings. The zero-order valence-electron chi connectivity index (χ0n) is 15.2. The SMILES string of the molecule is CC(C)(C)n1cncc1C1CCCN(C(=O)C2(C(=O)O)CC=CC2)C1. The second-order valence-corrected chi connectivity index (χ2v) is 8.22. The Labute approximate surface area is 148 Å². The van der Waals surface area contributed by atoms with Crippen LogP contribution in [0.4, 0.5) is 0 Å². The zero-order valence-corrected chi connectivity index (χ0v) is 15.2. The Morgan fingerprint density at radius 3 is 2.56 bits per heavy atom. The minimum Gasteiger partial charge on any atom is -0.480 e. The molecule has 0 aromatic carbocycles. The Kier molecular flexibility index (Phi) is 4.47. The fourth-order valence-corrected chi connectivity index (χ4v) is 3.97. The number of carboxylic acids is 1. The van der Waals surface area contributed by atoms with Crippen molar-refractivity contribution in [1.29, 1.82) is 0 Å². The molecular formula is C19H27N3O3. The molecule has 0 bridgehead atoms. The van der Waals surface area contributed by atoms with Crippen molar-refractivity contribution in [2.45, 2.75) is 57.9 Å². The number of rotatable bonds is 3. The highest BCUT2D eigenvalue weighted by Gasteiger charge is 2.49. The summed E-state index contributed by atoms with van der Waals surface area (Å²) in [5, 5.41) is 9.66. The van der Waals surface area contributed by atoms with E-state index in [9.17, 15) is 14.7 Å². The molecule has 2 aliphatic rings. The smallest absolute Gasteiger partial charge is 0.319 e. The van der Waals surface area contributed by atoms with Crippen molar-refractivity contribution in [3.8, 4) is 0 Å². The maximum Gasteiger partial charge on any atom is 0.319 e. The maximum atomic E-state index is 13.0. The van der Waals surface area contributed by atoms with Crippen LogP contribution < -0.4 is 0 Å². The number of carboxylic acid groups (broad SMARTS) is 1. The average Bonchev–Trinajstić information content (AvgIpc) is 3.23. The van der Waals surface area contributed by atoms with E-state index in [1.165, 1.54) is 0 Å². The number of carbonyl (C=O) groups excluding carboxylic acids is 1. The molecule has 2 heterocycles. The first kappa shape index (κ1) is 17.7. The van der Waals surface area contributed by atoms with Crippen LogP contribution in [0.15, 0.2) is 24.7 Å². The van der Waals surface area contributed by atoms with Crippen LogP contribution in [0.1, 0.15) is 58.1 Å². The summed E-state index contributed by atoms with van der Waals surface area (Å²) in [5.41, 5.74) is -0.249. The summed E-state index contributed by atoms with van der Waals surface area (Å²) in [6.07, 6.45) is 9.80. The van der Waals surface area contributed by atoms with Gasteiger partial charge in [-0.25, -0.2) is 4.98 Å². The van der Waals surface area contributed by atoms with Crippen LogP contribution in [-0.2, 0) is 15.1 Å². The van der Waals surface area contributed by atoms with Gasteiger partial charge in [-0.15, -0.1) is 0 Å². The van der Waals surface area contributed by atoms with Gasteiger partial charge < -0.3 is 14.6 Å². The number of carbonyl (C=O) groups is 2. The number of amides is 1. The summed E-state index contributed by atoms with van der Waals surface area (Å²) in [4.78, 5) is 30.9. The average molecular weight is 345 g/mol. The van der Waals surface area contributed by atoms with Crippen LogP contribution in [0.5, 0.6) is 0 Å². The van der Waals surface area contributed by atoms with E-state index in [-0.39, 0.29) is 17.4 Å². The van der Waals surface area contributed by atoms with Crippen molar-refractivity contribution in [2.75, 3.05) is 13.1 Å². The summed E-state index contributed by atoms with van der Waals surface area (Å²) in [7, 11) is 0. The van der Waals surface area contributed by atoms with Crippen molar-refractivity contribution >= 4 is 11.9 Å². The Bertz CT molecular complexity index is 691. The molecule has 136 valence electrons. The number of aliphatic carboxylic acids is 1. The predicted octanol–water partition coefficient (Wildman–Crippen LogP) is 2.77. The molecule has 1 saturated heterocycles. The van der Waals surface area contributed by atoms with Crippen LogP contribution in [0.3, 0.4) is 0 Å². The second kappa shape index (κ2) is 6.32. The lowest BCUT2D eigenvalue weighted by atomic mass is 9.82. The van der Waals surface area contributed by atoms with Crippen LogP contribution in [0.25, 0.3) is 0 Å². The van der Waals surface area contributed by atoms with Crippen molar-refractivity contribution in [3.05, 3.63) is 30.4 Å². The number of imidazole rings is 1. The molecular weight excluding hydrogens is 318 g/mol. The molecule has 1 amide bonds. The Morgan fingerprint density at radius 2 is 1.96 bits per heavy atom. The van der Waals surface area contributed by atoms with Crippen LogP contribution >= 0.6 is 0 Å². The number of allylic oxidation sites excluding steroid dienone is 2. The third-order valence-corrected chi connectivity index (χ3v) is 5.43. The number of aromatic nitrogens is 2. The Balaban J connectivity index is 1.81. The third kappa shape index (κ3) is 3.10. The topological polar surface area (TPSA) is 75.4 Å². The van der Waals surface area contributed by atoms with E-state index >= 15 is 0 Å². The standard InChI is InChI=1S/C19H27N3O3/c1-18(2,3)22-13-20-11-15(22)14-7-6-10-21(12-14)16(23)19(17(24)25)8-4-5-9-19/h4-5,11,13-14H,6-10,12H2,1-3H3,(H,24,25). The zero-order chi connectivity index (χ0) is 18.2. The second-order valence-electron chi connectivity index (χ2n) is 8.22. The van der Waals surface area contributed by atoms with Gasteiger partial charge in [-0.1, -0.05) is 12.2 Å². The monoisotopic (exact) mass is 345 g/mol. The highest BCUT2D eigenvalue weighted by atomic mass is 16.4. The van der Waals surface area contributed by atoms with Gasteiger partial charge in [0.25, 0.3) is 0 Å². The summed E-state index contributed by atoms with van der Waals surface area (Å²) in [6, 6.07) is 0. The summed E-state index contributed by atoms with van der Waals surface area (Å²) < 4.78 is 2.16. The van der Waals surface area contributed by atoms with E-state index in [1.54, 1.807) is 4.90 Å². The van der Waals surface area contributed by atoms with Crippen molar-refractivity contribution < 1.29 is 14.7 Å². The Hall–Kier alpha value is -2.11. The van der Waals surface area contributed by atoms with Gasteiger partial charge in [0.15, 0.2) is 5.41 Å². The highest BCUT2D eigenvalue weighted by Crippen LogP contribution is 2.38. The molecule has 6 heteroatoms. The predicted molar refractivity (Wildman–Crippen MR) is 94.2 cm³/mol. The Morgan fingerprint density at radius 1 is 1.28 bits per heavy atom. The van der Waals surface area contributed by atoms with Crippen molar-refractivity contribution in [2.24, 2.45) is 5.41 Å². The lowest BCUT2D eigenvalue weighted by Crippen LogP contribution is -2.50. The molecule has 1 unspecified atom stereocenters. The largest absolute Gasteiger partial charge is 0.480 e. The van der Waals surface area contributed by atoms with Crippen LogP contribution in [0.2, 0.25) is 0 Å². The van der Waals surface area contributed by atoms with Crippen LogP contribution in [-0.4, -0.2) is 44.5 Å². The van der Waals surface area contributed by atoms with Crippen molar-refractivity contribution in [1.82, 2.24) is 14.5 Å². The number of nitrogens with zero attached hydrogens (tertiary/aromatic N) is 3. The van der Waals surface area contributed by atoms with E-state index in [4.69, 9.17) is 0 Å². The molecule has 1 aromatic heterocycles. The molecule has 0 saturated carbocycles. The minimum absolute atomic E-state index is 0.0736. The number of hydrogen-bond donors (Lipinski definition) is 1. The summed E-state index contributed by atoms with van der Waals surface area (Å²) >= 11 is 0. The van der Waals surface area contributed by atoms with E-state index in [2.05, 4.69) is 30.3 Å². The molecule has 1 aromatic rings. The van der Waals surface area contributed by atoms with Crippen LogP contribution in [0, 0.1) is 5.41 Å². The van der Waals surface area contributed by atoms with E-state index in [0.717, 1.165) is 18.5 Å². The summed E-state index contributed by atoms with van der Waals surface area (Å²) in [5.74, 6) is -1.06. The fraction of sp³-hybridized carbons (Fsp3) is 0.632. The summed E-state index contributed by atoms with van der Waals surface area (Å²) in [6.45, 7) is 7.60. The maximum absolute atomic E-state index is 13.0. The molecule has 1 aliphatic carbocycles. The van der Waals surface area contributed by atoms with Gasteiger partial charge in [-0.05, 0) is 46.5 Å². The molecule has 0 radical (unpaired) electrons. The van der Waals surface area contributed by atoms with Gasteiger partial charge in [-0.3, -0.25) is 9.59 Å². The lowest BCUT2D eigenvalue weighted by molar-refractivity contribution is -0.160. The van der Waals surface area contributed by atoms with Gasteiger partial charge in [-0.2, -0.15) is 0 Å². The normalized spacial score (nSPS) is 23.0. The van der Waals surface area contributed by atoms with E-state index in [0.29, 0.717) is 25.9 Å². The molecule has 0 spiro atoms. The molecule has 3 rings (SSSR count). The van der Waals surface area contributed by atoms with E-state index in [1.807, 2.05) is 24.7 Å². The molecule has 1 atom stereocenters. The third-order valence-electron chi connectivity index (χ3n) is 5.43. The van der Waals surface area contributed by atoms with Crippen molar-refractivity contribution in [3.63, 3.8) is 0 Å². The molecule has 1 aliphatic heterocycles. The number of likely N-dealkylation sites (tertiary alicyclic amines) is 1. The van der Waals surface area contributed by atoms with Gasteiger partial charge in [0.2, 0.25) is 5.91 Å². The number of piperidine rings is 1. The van der Waals surface area contributed by atoms with E-state index < -0.39 is 11.4 Å². The highest BCUT2D eigenvalue weighted by molar-refractivity contribution is 6.02. The quantitative estimate of drug-likeness (QED) is 0.675. The fourth-order valence-electron chi connectivity index (χ4n) is 3.97. The first-order valence-electron chi connectivity index (χ1n) is 8.96. The molecule has 25 heavy (non-hydrogen) atoms.